The van der Waals surface area contributed by atoms with Crippen molar-refractivity contribution in [1.29, 1.82) is 5.26 Å². The molecule has 5 heteroatoms. The fourth-order valence-corrected chi connectivity index (χ4v) is 3.13. The Morgan fingerprint density at radius 3 is 2.86 bits per heavy atom. The van der Waals surface area contributed by atoms with Crippen molar-refractivity contribution >= 4 is 27.8 Å². The van der Waals surface area contributed by atoms with Crippen molar-refractivity contribution in [3.63, 3.8) is 0 Å². The summed E-state index contributed by atoms with van der Waals surface area (Å²) >= 11 is 1.26. The number of rotatable bonds is 5. The highest BCUT2D eigenvalue weighted by molar-refractivity contribution is 7.19. The Labute approximate surface area is 128 Å². The van der Waals surface area contributed by atoms with Gasteiger partial charge in [0.2, 0.25) is 0 Å². The summed E-state index contributed by atoms with van der Waals surface area (Å²) in [6.07, 6.45) is 0.382. The van der Waals surface area contributed by atoms with E-state index in [4.69, 9.17) is 5.73 Å². The third-order valence-electron chi connectivity index (χ3n) is 3.17. The predicted molar refractivity (Wildman–Crippen MR) is 86.6 cm³/mol. The highest BCUT2D eigenvalue weighted by atomic mass is 32.1. The number of benzene rings is 1. The summed E-state index contributed by atoms with van der Waals surface area (Å²) in [5, 5.41) is 13.1. The van der Waals surface area contributed by atoms with E-state index in [0.29, 0.717) is 34.1 Å². The lowest BCUT2D eigenvalue weighted by molar-refractivity contribution is 0.0993. The molecular formula is C16H17N3OS. The van der Waals surface area contributed by atoms with Crippen LogP contribution >= 0.6 is 11.3 Å². The Morgan fingerprint density at radius 1 is 1.48 bits per heavy atom. The molecule has 0 atom stereocenters. The van der Waals surface area contributed by atoms with Crippen LogP contribution in [0.15, 0.2) is 24.3 Å². The number of nitrogens with two attached hydrogens (primary N) is 1. The number of hydrogen-bond donors (Lipinski definition) is 2. The predicted octanol–water partition coefficient (Wildman–Crippen LogP) is 3.72. The molecule has 0 amide bonds. The Hall–Kier alpha value is -2.32. The number of aryl methyl sites for hydroxylation is 1. The SMILES string of the molecule is CCC(=O)c1sc(NCc2cccc(C)c2)c(C#N)c1N. The minimum atomic E-state index is -0.0300. The van der Waals surface area contributed by atoms with Crippen molar-refractivity contribution in [3.05, 3.63) is 45.8 Å². The van der Waals surface area contributed by atoms with Gasteiger partial charge in [0.15, 0.2) is 5.78 Å². The smallest absolute Gasteiger partial charge is 0.174 e. The van der Waals surface area contributed by atoms with Gasteiger partial charge in [-0.25, -0.2) is 0 Å². The molecule has 3 N–H and O–H groups in total. The molecule has 0 radical (unpaired) electrons. The largest absolute Gasteiger partial charge is 0.396 e. The van der Waals surface area contributed by atoms with Crippen LogP contribution in [0.5, 0.6) is 0 Å². The van der Waals surface area contributed by atoms with Crippen LogP contribution in [0.4, 0.5) is 10.7 Å². The molecule has 108 valence electrons. The maximum atomic E-state index is 11.8. The molecule has 21 heavy (non-hydrogen) atoms. The summed E-state index contributed by atoms with van der Waals surface area (Å²) in [5.41, 5.74) is 8.87. The van der Waals surface area contributed by atoms with E-state index in [2.05, 4.69) is 17.5 Å². The maximum Gasteiger partial charge on any atom is 0.174 e. The topological polar surface area (TPSA) is 78.9 Å². The zero-order valence-corrected chi connectivity index (χ0v) is 12.9. The van der Waals surface area contributed by atoms with Crippen LogP contribution in [-0.2, 0) is 6.54 Å². The number of Topliss-reactive ketones (excluding diaryl/α,β-unsaturated/α-hetero) is 1. The van der Waals surface area contributed by atoms with Crippen molar-refractivity contribution in [3.8, 4) is 6.07 Å². The highest BCUT2D eigenvalue weighted by Crippen LogP contribution is 2.36. The first-order chi connectivity index (χ1) is 10.1. The third kappa shape index (κ3) is 3.23. The lowest BCUT2D eigenvalue weighted by atomic mass is 10.1. The summed E-state index contributed by atoms with van der Waals surface area (Å²) in [4.78, 5) is 12.3. The molecule has 0 saturated heterocycles. The zero-order valence-electron chi connectivity index (χ0n) is 12.1. The van der Waals surface area contributed by atoms with Crippen LogP contribution in [0.25, 0.3) is 0 Å². The molecular weight excluding hydrogens is 282 g/mol. The summed E-state index contributed by atoms with van der Waals surface area (Å²) < 4.78 is 0. The van der Waals surface area contributed by atoms with Gasteiger partial charge in [0.1, 0.15) is 16.6 Å². The number of nitrogen functional groups attached to an aromatic ring is 1. The fourth-order valence-electron chi connectivity index (χ4n) is 2.05. The van der Waals surface area contributed by atoms with Crippen molar-refractivity contribution in [2.24, 2.45) is 0 Å². The Bertz CT molecular complexity index is 713. The lowest BCUT2D eigenvalue weighted by Crippen LogP contribution is -2.00. The number of hydrogen-bond acceptors (Lipinski definition) is 5. The second-order valence-electron chi connectivity index (χ2n) is 4.78. The van der Waals surface area contributed by atoms with Crippen LogP contribution in [0.2, 0.25) is 0 Å². The molecule has 1 aromatic carbocycles. The van der Waals surface area contributed by atoms with Gasteiger partial charge in [-0.3, -0.25) is 4.79 Å². The number of thiophene rings is 1. The summed E-state index contributed by atoms with van der Waals surface area (Å²) in [6.45, 7) is 4.41. The first-order valence-corrected chi connectivity index (χ1v) is 7.53. The van der Waals surface area contributed by atoms with E-state index in [1.165, 1.54) is 16.9 Å². The number of nitriles is 1. The van der Waals surface area contributed by atoms with Crippen molar-refractivity contribution in [1.82, 2.24) is 0 Å². The minimum absolute atomic E-state index is 0.0300. The quantitative estimate of drug-likeness (QED) is 0.825. The van der Waals surface area contributed by atoms with Crippen molar-refractivity contribution in [2.45, 2.75) is 26.8 Å². The van der Waals surface area contributed by atoms with E-state index in [9.17, 15) is 10.1 Å². The summed E-state index contributed by atoms with van der Waals surface area (Å²) in [7, 11) is 0. The molecule has 0 fully saturated rings. The zero-order chi connectivity index (χ0) is 15.4. The van der Waals surface area contributed by atoms with Gasteiger partial charge < -0.3 is 11.1 Å². The van der Waals surface area contributed by atoms with Crippen molar-refractivity contribution < 1.29 is 4.79 Å². The van der Waals surface area contributed by atoms with Crippen LogP contribution in [0, 0.1) is 18.3 Å². The highest BCUT2D eigenvalue weighted by Gasteiger charge is 2.19. The Morgan fingerprint density at radius 2 is 2.24 bits per heavy atom. The number of anilines is 2. The van der Waals surface area contributed by atoms with Crippen LogP contribution in [-0.4, -0.2) is 5.78 Å². The van der Waals surface area contributed by atoms with E-state index in [1.54, 1.807) is 6.92 Å². The van der Waals surface area contributed by atoms with Gasteiger partial charge in [0.25, 0.3) is 0 Å². The number of carbonyl (C=O) groups is 1. The molecule has 0 unspecified atom stereocenters. The number of carbonyl (C=O) groups excluding carboxylic acids is 1. The van der Waals surface area contributed by atoms with E-state index < -0.39 is 0 Å². The van der Waals surface area contributed by atoms with Gasteiger partial charge in [-0.1, -0.05) is 36.8 Å². The van der Waals surface area contributed by atoms with Crippen LogP contribution in [0.1, 0.15) is 39.7 Å². The Kier molecular flexibility index (Phi) is 4.61. The van der Waals surface area contributed by atoms with E-state index in [1.807, 2.05) is 25.1 Å². The first-order valence-electron chi connectivity index (χ1n) is 6.71. The standard InChI is InChI=1S/C16H17N3OS/c1-3-13(20)15-14(18)12(8-17)16(21-15)19-9-11-6-4-5-10(2)7-11/h4-7,19H,3,9,18H2,1-2H3. The molecule has 0 aliphatic heterocycles. The molecule has 0 aliphatic rings. The normalized spacial score (nSPS) is 10.1. The monoisotopic (exact) mass is 299 g/mol. The number of nitrogens with zero attached hydrogens (tertiary/aromatic N) is 1. The summed E-state index contributed by atoms with van der Waals surface area (Å²) in [5.74, 6) is -0.0300. The fraction of sp³-hybridized carbons (Fsp3) is 0.250. The first kappa shape index (κ1) is 15.1. The molecule has 0 aliphatic carbocycles. The lowest BCUT2D eigenvalue weighted by Gasteiger charge is -2.05. The molecule has 2 aromatic rings. The van der Waals surface area contributed by atoms with Crippen molar-refractivity contribution in [2.75, 3.05) is 11.1 Å². The van der Waals surface area contributed by atoms with E-state index in [-0.39, 0.29) is 5.78 Å². The Balaban J connectivity index is 2.24. The van der Waals surface area contributed by atoms with E-state index in [0.717, 1.165) is 5.56 Å². The molecule has 0 saturated carbocycles. The second kappa shape index (κ2) is 6.42. The molecule has 1 heterocycles. The number of nitrogens with one attached hydrogen (secondary N) is 1. The third-order valence-corrected chi connectivity index (χ3v) is 4.37. The van der Waals surface area contributed by atoms with Crippen LogP contribution < -0.4 is 11.1 Å². The van der Waals surface area contributed by atoms with Gasteiger partial charge in [0.05, 0.1) is 10.6 Å². The second-order valence-corrected chi connectivity index (χ2v) is 5.80. The number of ketones is 1. The molecule has 2 rings (SSSR count). The molecule has 0 bridgehead atoms. The average molecular weight is 299 g/mol. The molecule has 4 nitrogen and oxygen atoms in total. The summed E-state index contributed by atoms with van der Waals surface area (Å²) in [6, 6.07) is 10.2. The van der Waals surface area contributed by atoms with Gasteiger partial charge in [0, 0.05) is 13.0 Å². The minimum Gasteiger partial charge on any atom is -0.396 e. The van der Waals surface area contributed by atoms with Gasteiger partial charge in [-0.2, -0.15) is 5.26 Å². The van der Waals surface area contributed by atoms with Crippen LogP contribution in [0.3, 0.4) is 0 Å². The van der Waals surface area contributed by atoms with Gasteiger partial charge >= 0.3 is 0 Å². The van der Waals surface area contributed by atoms with Gasteiger partial charge in [-0.15, -0.1) is 11.3 Å². The maximum absolute atomic E-state index is 11.8. The molecule has 0 spiro atoms. The van der Waals surface area contributed by atoms with E-state index >= 15 is 0 Å². The average Bonchev–Trinajstić information content (AvgIpc) is 2.80. The molecule has 1 aromatic heterocycles. The van der Waals surface area contributed by atoms with Gasteiger partial charge in [-0.05, 0) is 12.5 Å².